The van der Waals surface area contributed by atoms with Crippen molar-refractivity contribution < 1.29 is 23.8 Å². The van der Waals surface area contributed by atoms with E-state index in [2.05, 4.69) is 15.9 Å². The summed E-state index contributed by atoms with van der Waals surface area (Å²) < 4.78 is 16.9. The smallest absolute Gasteiger partial charge is 0.347 e. The second-order valence-corrected chi connectivity index (χ2v) is 6.81. The molecule has 0 saturated carbocycles. The standard InChI is InChI=1S/C21H23BrO5/c1-3-5-13-26-20(23)15-6-9-17(10-7-15)27-21(24)18-14-16(22)8-11-19(18)25-12-4-2/h6-11,14H,3-5,12-13H2,1-2H3. The van der Waals surface area contributed by atoms with Crippen LogP contribution in [0.5, 0.6) is 11.5 Å². The third-order valence-corrected chi connectivity index (χ3v) is 4.15. The fourth-order valence-electron chi connectivity index (χ4n) is 2.21. The normalized spacial score (nSPS) is 10.3. The molecule has 0 saturated heterocycles. The number of carbonyl (C=O) groups is 2. The summed E-state index contributed by atoms with van der Waals surface area (Å²) in [6.07, 6.45) is 2.62. The van der Waals surface area contributed by atoms with Crippen LogP contribution in [0.15, 0.2) is 46.9 Å². The van der Waals surface area contributed by atoms with Crippen LogP contribution in [0.25, 0.3) is 0 Å². The van der Waals surface area contributed by atoms with E-state index in [1.807, 2.05) is 13.8 Å². The monoisotopic (exact) mass is 434 g/mol. The molecule has 144 valence electrons. The number of ether oxygens (including phenoxy) is 3. The molecule has 0 aliphatic rings. The first kappa shape index (κ1) is 21.0. The van der Waals surface area contributed by atoms with Crippen molar-refractivity contribution in [3.63, 3.8) is 0 Å². The zero-order chi connectivity index (χ0) is 19.6. The van der Waals surface area contributed by atoms with E-state index >= 15 is 0 Å². The predicted octanol–water partition coefficient (Wildman–Crippen LogP) is 5.41. The number of hydrogen-bond acceptors (Lipinski definition) is 5. The molecule has 0 aliphatic carbocycles. The molecule has 0 aliphatic heterocycles. The molecule has 27 heavy (non-hydrogen) atoms. The van der Waals surface area contributed by atoms with E-state index in [0.29, 0.717) is 35.8 Å². The van der Waals surface area contributed by atoms with Crippen LogP contribution in [-0.2, 0) is 4.74 Å². The third kappa shape index (κ3) is 6.40. The number of hydrogen-bond donors (Lipinski definition) is 0. The van der Waals surface area contributed by atoms with E-state index in [4.69, 9.17) is 14.2 Å². The minimum absolute atomic E-state index is 0.334. The Morgan fingerprint density at radius 1 is 0.926 bits per heavy atom. The number of halogens is 1. The zero-order valence-corrected chi connectivity index (χ0v) is 17.1. The maximum absolute atomic E-state index is 12.5. The second kappa shape index (κ2) is 10.7. The zero-order valence-electron chi connectivity index (χ0n) is 15.5. The Morgan fingerprint density at radius 2 is 1.67 bits per heavy atom. The Kier molecular flexibility index (Phi) is 8.33. The van der Waals surface area contributed by atoms with E-state index < -0.39 is 5.97 Å². The SMILES string of the molecule is CCCCOC(=O)c1ccc(OC(=O)c2cc(Br)ccc2OCCC)cc1. The Balaban J connectivity index is 2.05. The van der Waals surface area contributed by atoms with Gasteiger partial charge in [-0.05, 0) is 55.3 Å². The fraction of sp³-hybridized carbons (Fsp3) is 0.333. The van der Waals surface area contributed by atoms with E-state index in [9.17, 15) is 9.59 Å². The highest BCUT2D eigenvalue weighted by Gasteiger charge is 2.16. The first-order valence-corrected chi connectivity index (χ1v) is 9.76. The van der Waals surface area contributed by atoms with Crippen molar-refractivity contribution in [3.05, 3.63) is 58.1 Å². The first-order chi connectivity index (χ1) is 13.0. The summed E-state index contributed by atoms with van der Waals surface area (Å²) in [6, 6.07) is 11.5. The molecule has 2 aromatic carbocycles. The highest BCUT2D eigenvalue weighted by atomic mass is 79.9. The van der Waals surface area contributed by atoms with Crippen LogP contribution in [0, 0.1) is 0 Å². The molecular formula is C21H23BrO5. The molecule has 2 aromatic rings. The van der Waals surface area contributed by atoms with Gasteiger partial charge in [0.05, 0.1) is 18.8 Å². The van der Waals surface area contributed by atoms with E-state index in [-0.39, 0.29) is 5.97 Å². The minimum atomic E-state index is -0.527. The molecule has 0 aromatic heterocycles. The Labute approximate surface area is 167 Å². The van der Waals surface area contributed by atoms with Crippen LogP contribution < -0.4 is 9.47 Å². The summed E-state index contributed by atoms with van der Waals surface area (Å²) in [5.74, 6) is -0.100. The maximum atomic E-state index is 12.5. The highest BCUT2D eigenvalue weighted by molar-refractivity contribution is 9.10. The number of carbonyl (C=O) groups excluding carboxylic acids is 2. The third-order valence-electron chi connectivity index (χ3n) is 3.65. The number of benzene rings is 2. The number of rotatable bonds is 9. The van der Waals surface area contributed by atoms with Crippen LogP contribution in [-0.4, -0.2) is 25.2 Å². The van der Waals surface area contributed by atoms with Crippen molar-refractivity contribution in [1.29, 1.82) is 0 Å². The quantitative estimate of drug-likeness (QED) is 0.299. The van der Waals surface area contributed by atoms with Gasteiger partial charge in [0, 0.05) is 4.47 Å². The lowest BCUT2D eigenvalue weighted by atomic mass is 10.2. The van der Waals surface area contributed by atoms with Crippen molar-refractivity contribution >= 4 is 27.9 Å². The largest absolute Gasteiger partial charge is 0.493 e. The molecule has 0 N–H and O–H groups in total. The van der Waals surface area contributed by atoms with E-state index in [0.717, 1.165) is 23.7 Å². The summed E-state index contributed by atoms with van der Waals surface area (Å²) in [6.45, 7) is 4.93. The molecule has 0 radical (unpaired) electrons. The van der Waals surface area contributed by atoms with Crippen LogP contribution in [0.1, 0.15) is 53.8 Å². The molecule has 2 rings (SSSR count). The van der Waals surface area contributed by atoms with Crippen molar-refractivity contribution in [3.8, 4) is 11.5 Å². The summed E-state index contributed by atoms with van der Waals surface area (Å²) in [5, 5.41) is 0. The van der Waals surface area contributed by atoms with Crippen molar-refractivity contribution in [2.45, 2.75) is 33.1 Å². The molecule has 0 amide bonds. The van der Waals surface area contributed by atoms with Crippen LogP contribution in [0.3, 0.4) is 0 Å². The molecular weight excluding hydrogens is 412 g/mol. The minimum Gasteiger partial charge on any atom is -0.493 e. The first-order valence-electron chi connectivity index (χ1n) is 8.96. The Bertz CT molecular complexity index is 771. The van der Waals surface area contributed by atoms with Gasteiger partial charge >= 0.3 is 11.9 Å². The second-order valence-electron chi connectivity index (χ2n) is 5.89. The van der Waals surface area contributed by atoms with Gasteiger partial charge in [-0.25, -0.2) is 9.59 Å². The predicted molar refractivity (Wildman–Crippen MR) is 107 cm³/mol. The van der Waals surface area contributed by atoms with Gasteiger partial charge in [-0.15, -0.1) is 0 Å². The Morgan fingerprint density at radius 3 is 2.33 bits per heavy atom. The molecule has 6 heteroatoms. The average molecular weight is 435 g/mol. The molecule has 0 heterocycles. The van der Waals surface area contributed by atoms with Crippen LogP contribution in [0.2, 0.25) is 0 Å². The average Bonchev–Trinajstić information content (AvgIpc) is 2.67. The van der Waals surface area contributed by atoms with E-state index in [1.165, 1.54) is 0 Å². The van der Waals surface area contributed by atoms with Crippen LogP contribution >= 0.6 is 15.9 Å². The molecule has 0 spiro atoms. The van der Waals surface area contributed by atoms with Gasteiger partial charge in [-0.2, -0.15) is 0 Å². The number of unbranched alkanes of at least 4 members (excludes halogenated alkanes) is 1. The molecule has 0 atom stereocenters. The lowest BCUT2D eigenvalue weighted by Gasteiger charge is -2.11. The number of esters is 2. The lowest BCUT2D eigenvalue weighted by molar-refractivity contribution is 0.0499. The molecule has 0 fully saturated rings. The van der Waals surface area contributed by atoms with Gasteiger partial charge in [0.1, 0.15) is 17.1 Å². The van der Waals surface area contributed by atoms with Gasteiger partial charge in [-0.3, -0.25) is 0 Å². The van der Waals surface area contributed by atoms with Crippen molar-refractivity contribution in [2.24, 2.45) is 0 Å². The molecule has 0 bridgehead atoms. The van der Waals surface area contributed by atoms with Crippen LogP contribution in [0.4, 0.5) is 0 Å². The summed E-state index contributed by atoms with van der Waals surface area (Å²) in [5.41, 5.74) is 0.751. The highest BCUT2D eigenvalue weighted by Crippen LogP contribution is 2.25. The van der Waals surface area contributed by atoms with Crippen molar-refractivity contribution in [1.82, 2.24) is 0 Å². The fourth-order valence-corrected chi connectivity index (χ4v) is 2.57. The van der Waals surface area contributed by atoms with Gasteiger partial charge < -0.3 is 14.2 Å². The van der Waals surface area contributed by atoms with E-state index in [1.54, 1.807) is 42.5 Å². The summed E-state index contributed by atoms with van der Waals surface area (Å²) >= 11 is 3.35. The Hall–Kier alpha value is -2.34. The molecule has 0 unspecified atom stereocenters. The summed E-state index contributed by atoms with van der Waals surface area (Å²) in [4.78, 5) is 24.4. The maximum Gasteiger partial charge on any atom is 0.347 e. The van der Waals surface area contributed by atoms with Gasteiger partial charge in [0.2, 0.25) is 0 Å². The van der Waals surface area contributed by atoms with Gasteiger partial charge in [0.25, 0.3) is 0 Å². The summed E-state index contributed by atoms with van der Waals surface area (Å²) in [7, 11) is 0. The lowest BCUT2D eigenvalue weighted by Crippen LogP contribution is -2.12. The van der Waals surface area contributed by atoms with Crippen molar-refractivity contribution in [2.75, 3.05) is 13.2 Å². The van der Waals surface area contributed by atoms with Gasteiger partial charge in [-0.1, -0.05) is 36.2 Å². The van der Waals surface area contributed by atoms with Gasteiger partial charge in [0.15, 0.2) is 0 Å². The molecule has 5 nitrogen and oxygen atoms in total. The topological polar surface area (TPSA) is 61.8 Å².